The molecular formula is C23H21FN2O. The molecule has 4 heteroatoms. The van der Waals surface area contributed by atoms with Gasteiger partial charge in [0.2, 0.25) is 0 Å². The molecular weight excluding hydrogens is 339 g/mol. The fourth-order valence-corrected chi connectivity index (χ4v) is 3.39. The number of rotatable bonds is 6. The molecule has 2 atom stereocenters. The Morgan fingerprint density at radius 3 is 2.22 bits per heavy atom. The van der Waals surface area contributed by atoms with Crippen LogP contribution >= 0.6 is 0 Å². The minimum absolute atomic E-state index is 0.248. The zero-order valence-corrected chi connectivity index (χ0v) is 14.8. The summed E-state index contributed by atoms with van der Waals surface area (Å²) in [5, 5.41) is 15.3. The largest absolute Gasteiger partial charge is 0.386 e. The molecule has 0 radical (unpaired) electrons. The van der Waals surface area contributed by atoms with Crippen molar-refractivity contribution in [3.63, 3.8) is 0 Å². The van der Waals surface area contributed by atoms with Crippen LogP contribution in [0, 0.1) is 5.82 Å². The van der Waals surface area contributed by atoms with Crippen molar-refractivity contribution in [1.82, 2.24) is 10.3 Å². The smallest absolute Gasteiger partial charge is 0.123 e. The molecule has 0 bridgehead atoms. The van der Waals surface area contributed by atoms with Gasteiger partial charge in [-0.15, -0.1) is 0 Å². The van der Waals surface area contributed by atoms with E-state index in [4.69, 9.17) is 0 Å². The lowest BCUT2D eigenvalue weighted by molar-refractivity contribution is 0.127. The monoisotopic (exact) mass is 360 g/mol. The second kappa shape index (κ2) is 7.74. The van der Waals surface area contributed by atoms with Crippen molar-refractivity contribution in [3.05, 3.63) is 108 Å². The summed E-state index contributed by atoms with van der Waals surface area (Å²) in [4.78, 5) is 3.30. The minimum atomic E-state index is -0.685. The summed E-state index contributed by atoms with van der Waals surface area (Å²) < 4.78 is 13.4. The molecule has 3 aromatic carbocycles. The summed E-state index contributed by atoms with van der Waals surface area (Å²) in [5.74, 6) is -0.248. The number of halogens is 1. The number of H-pyrrole nitrogens is 1. The maximum Gasteiger partial charge on any atom is 0.123 e. The fraction of sp³-hybridized carbons (Fsp3) is 0.130. The Bertz CT molecular complexity index is 1010. The quantitative estimate of drug-likeness (QED) is 0.459. The summed E-state index contributed by atoms with van der Waals surface area (Å²) in [5.41, 5.74) is 3.71. The average molecular weight is 360 g/mol. The second-order valence-corrected chi connectivity index (χ2v) is 6.65. The molecule has 0 aliphatic rings. The van der Waals surface area contributed by atoms with Gasteiger partial charge in [0.25, 0.3) is 0 Å². The van der Waals surface area contributed by atoms with Crippen LogP contribution < -0.4 is 5.32 Å². The summed E-state index contributed by atoms with van der Waals surface area (Å²) in [7, 11) is 0. The summed E-state index contributed by atoms with van der Waals surface area (Å²) in [6.07, 6.45) is -0.685. The third-order valence-corrected chi connectivity index (χ3v) is 4.77. The number of aliphatic hydroxyl groups excluding tert-OH is 1. The van der Waals surface area contributed by atoms with E-state index < -0.39 is 6.10 Å². The van der Waals surface area contributed by atoms with Crippen molar-refractivity contribution in [2.45, 2.75) is 18.7 Å². The van der Waals surface area contributed by atoms with Crippen molar-refractivity contribution in [3.8, 4) is 0 Å². The zero-order chi connectivity index (χ0) is 18.6. The van der Waals surface area contributed by atoms with E-state index in [2.05, 4.69) is 10.3 Å². The van der Waals surface area contributed by atoms with E-state index >= 15 is 0 Å². The SMILES string of the molecule is O[C@H](c1ccccc1)[C@H](NCc1cc2cc(F)ccc2[nH]1)c1ccccc1. The van der Waals surface area contributed by atoms with E-state index in [-0.39, 0.29) is 11.9 Å². The molecule has 0 spiro atoms. The molecule has 1 heterocycles. The summed E-state index contributed by atoms with van der Waals surface area (Å²) >= 11 is 0. The van der Waals surface area contributed by atoms with E-state index in [0.717, 1.165) is 27.7 Å². The summed E-state index contributed by atoms with van der Waals surface area (Å²) in [6.45, 7) is 0.528. The number of aromatic nitrogens is 1. The van der Waals surface area contributed by atoms with Gasteiger partial charge in [-0.25, -0.2) is 4.39 Å². The molecule has 3 nitrogen and oxygen atoms in total. The Morgan fingerprint density at radius 2 is 1.52 bits per heavy atom. The predicted octanol–water partition coefficient (Wildman–Crippen LogP) is 4.87. The first-order valence-electron chi connectivity index (χ1n) is 8.99. The highest BCUT2D eigenvalue weighted by Crippen LogP contribution is 2.29. The van der Waals surface area contributed by atoms with Gasteiger partial charge in [0.05, 0.1) is 12.1 Å². The van der Waals surface area contributed by atoms with E-state index in [0.29, 0.717) is 6.54 Å². The Hall–Kier alpha value is -2.95. The molecule has 0 aliphatic carbocycles. The third-order valence-electron chi connectivity index (χ3n) is 4.77. The van der Waals surface area contributed by atoms with Gasteiger partial charge in [0.1, 0.15) is 5.82 Å². The van der Waals surface area contributed by atoms with E-state index in [1.807, 2.05) is 66.7 Å². The standard InChI is InChI=1S/C23H21FN2O/c24-19-11-12-21-18(13-19)14-20(26-21)15-25-22(16-7-3-1-4-8-16)23(27)17-9-5-2-6-10-17/h1-14,22-23,25-27H,15H2/t22-,23-/m1/s1. The van der Waals surface area contributed by atoms with E-state index in [9.17, 15) is 9.50 Å². The Labute approximate surface area is 157 Å². The number of hydrogen-bond acceptors (Lipinski definition) is 2. The van der Waals surface area contributed by atoms with Crippen LogP contribution in [0.15, 0.2) is 84.9 Å². The van der Waals surface area contributed by atoms with Gasteiger partial charge in [-0.3, -0.25) is 0 Å². The highest BCUT2D eigenvalue weighted by Gasteiger charge is 2.22. The highest BCUT2D eigenvalue weighted by molar-refractivity contribution is 5.80. The number of nitrogens with one attached hydrogen (secondary N) is 2. The molecule has 3 N–H and O–H groups in total. The molecule has 136 valence electrons. The van der Waals surface area contributed by atoms with Crippen LogP contribution in [-0.2, 0) is 6.54 Å². The normalized spacial score (nSPS) is 13.6. The Kier molecular flexibility index (Phi) is 5.01. The first kappa shape index (κ1) is 17.5. The van der Waals surface area contributed by atoms with Gasteiger partial charge >= 0.3 is 0 Å². The maximum atomic E-state index is 13.4. The molecule has 0 saturated heterocycles. The Morgan fingerprint density at radius 1 is 0.852 bits per heavy atom. The summed E-state index contributed by atoms with van der Waals surface area (Å²) in [6, 6.07) is 25.9. The van der Waals surface area contributed by atoms with Gasteiger partial charge < -0.3 is 15.4 Å². The number of fused-ring (bicyclic) bond motifs is 1. The molecule has 1 aromatic heterocycles. The molecule has 4 rings (SSSR count). The zero-order valence-electron chi connectivity index (χ0n) is 14.8. The third kappa shape index (κ3) is 3.92. The van der Waals surface area contributed by atoms with Crippen molar-refractivity contribution in [2.75, 3.05) is 0 Å². The van der Waals surface area contributed by atoms with Crippen molar-refractivity contribution in [1.29, 1.82) is 0 Å². The number of aliphatic hydroxyl groups is 1. The predicted molar refractivity (Wildman–Crippen MR) is 106 cm³/mol. The minimum Gasteiger partial charge on any atom is -0.386 e. The maximum absolute atomic E-state index is 13.4. The van der Waals surface area contributed by atoms with E-state index in [1.165, 1.54) is 12.1 Å². The van der Waals surface area contributed by atoms with Gasteiger partial charge in [-0.1, -0.05) is 60.7 Å². The Balaban J connectivity index is 1.58. The van der Waals surface area contributed by atoms with Crippen LogP contribution in [0.25, 0.3) is 10.9 Å². The fourth-order valence-electron chi connectivity index (χ4n) is 3.39. The van der Waals surface area contributed by atoms with Gasteiger partial charge in [0, 0.05) is 23.1 Å². The average Bonchev–Trinajstić information content (AvgIpc) is 3.11. The first-order valence-corrected chi connectivity index (χ1v) is 8.99. The lowest BCUT2D eigenvalue weighted by Gasteiger charge is -2.25. The molecule has 27 heavy (non-hydrogen) atoms. The number of benzene rings is 3. The van der Waals surface area contributed by atoms with Crippen molar-refractivity contribution < 1.29 is 9.50 Å². The van der Waals surface area contributed by atoms with E-state index in [1.54, 1.807) is 6.07 Å². The number of aromatic amines is 1. The molecule has 4 aromatic rings. The van der Waals surface area contributed by atoms with Crippen LogP contribution in [0.2, 0.25) is 0 Å². The van der Waals surface area contributed by atoms with Crippen LogP contribution in [0.4, 0.5) is 4.39 Å². The lowest BCUT2D eigenvalue weighted by atomic mass is 9.95. The lowest BCUT2D eigenvalue weighted by Crippen LogP contribution is -2.27. The van der Waals surface area contributed by atoms with Gasteiger partial charge in [-0.05, 0) is 35.4 Å². The van der Waals surface area contributed by atoms with Crippen LogP contribution in [-0.4, -0.2) is 10.1 Å². The molecule has 0 unspecified atom stereocenters. The second-order valence-electron chi connectivity index (χ2n) is 6.65. The van der Waals surface area contributed by atoms with Crippen LogP contribution in [0.1, 0.15) is 29.0 Å². The molecule has 0 saturated carbocycles. The molecule has 0 aliphatic heterocycles. The van der Waals surface area contributed by atoms with Crippen molar-refractivity contribution in [2.24, 2.45) is 0 Å². The topological polar surface area (TPSA) is 48.0 Å². The highest BCUT2D eigenvalue weighted by atomic mass is 19.1. The van der Waals surface area contributed by atoms with Crippen LogP contribution in [0.3, 0.4) is 0 Å². The van der Waals surface area contributed by atoms with Crippen molar-refractivity contribution >= 4 is 10.9 Å². The molecule has 0 amide bonds. The number of hydrogen-bond donors (Lipinski definition) is 3. The van der Waals surface area contributed by atoms with Crippen LogP contribution in [0.5, 0.6) is 0 Å². The molecule has 0 fully saturated rings. The first-order chi connectivity index (χ1) is 13.2. The van der Waals surface area contributed by atoms with Gasteiger partial charge in [-0.2, -0.15) is 0 Å². The van der Waals surface area contributed by atoms with Gasteiger partial charge in [0.15, 0.2) is 0 Å².